The number of carbonyl (C=O) groups is 1. The number of pyridine rings is 1. The first-order chi connectivity index (χ1) is 14.1. The van der Waals surface area contributed by atoms with Crippen molar-refractivity contribution in [3.63, 3.8) is 0 Å². The first kappa shape index (κ1) is 19.0. The van der Waals surface area contributed by atoms with Gasteiger partial charge in [-0.1, -0.05) is 18.2 Å². The lowest BCUT2D eigenvalue weighted by Crippen LogP contribution is -2.53. The molecule has 1 saturated heterocycles. The summed E-state index contributed by atoms with van der Waals surface area (Å²) in [5.74, 6) is 2.10. The molecule has 0 bridgehead atoms. The molecule has 0 radical (unpaired) electrons. The van der Waals surface area contributed by atoms with Crippen LogP contribution in [0.15, 0.2) is 55.0 Å². The number of carbonyl (C=O) groups excluding carboxylic acids is 1. The van der Waals surface area contributed by atoms with E-state index >= 15 is 0 Å². The molecule has 7 heteroatoms. The fourth-order valence-electron chi connectivity index (χ4n) is 3.53. The van der Waals surface area contributed by atoms with E-state index in [4.69, 9.17) is 4.74 Å². The van der Waals surface area contributed by atoms with E-state index < -0.39 is 0 Å². The molecule has 1 aliphatic rings. The second-order valence-electron chi connectivity index (χ2n) is 7.31. The van der Waals surface area contributed by atoms with Gasteiger partial charge in [-0.3, -0.25) is 4.98 Å². The maximum Gasteiger partial charge on any atom is 0.317 e. The normalized spacial score (nSPS) is 13.8. The van der Waals surface area contributed by atoms with Crippen LogP contribution in [-0.4, -0.2) is 45.7 Å². The number of amides is 2. The summed E-state index contributed by atoms with van der Waals surface area (Å²) in [7, 11) is 1.64. The van der Waals surface area contributed by atoms with E-state index in [1.54, 1.807) is 13.3 Å². The fraction of sp³-hybridized carbons (Fsp3) is 0.318. The average molecular weight is 391 g/mol. The molecule has 0 aliphatic carbocycles. The number of rotatable bonds is 6. The quantitative estimate of drug-likeness (QED) is 0.701. The Balaban J connectivity index is 1.32. The van der Waals surface area contributed by atoms with Gasteiger partial charge in [0.15, 0.2) is 0 Å². The lowest BCUT2D eigenvalue weighted by Gasteiger charge is -2.39. The zero-order chi connectivity index (χ0) is 20.2. The highest BCUT2D eigenvalue weighted by molar-refractivity contribution is 5.75. The number of hydrogen-bond acceptors (Lipinski definition) is 4. The van der Waals surface area contributed by atoms with Gasteiger partial charge in [-0.15, -0.1) is 0 Å². The summed E-state index contributed by atoms with van der Waals surface area (Å²) in [6.07, 6.45) is 5.56. The Labute approximate surface area is 170 Å². The lowest BCUT2D eigenvalue weighted by molar-refractivity contribution is 0.147. The van der Waals surface area contributed by atoms with Crippen LogP contribution in [0.2, 0.25) is 0 Å². The van der Waals surface area contributed by atoms with Crippen LogP contribution in [-0.2, 0) is 13.1 Å². The Morgan fingerprint density at radius 3 is 2.66 bits per heavy atom. The van der Waals surface area contributed by atoms with Gasteiger partial charge in [-0.05, 0) is 36.2 Å². The van der Waals surface area contributed by atoms with E-state index in [1.165, 1.54) is 0 Å². The topological polar surface area (TPSA) is 72.3 Å². The smallest absolute Gasteiger partial charge is 0.317 e. The Bertz CT molecular complexity index is 963. The molecule has 0 atom stereocenters. The number of aryl methyl sites for hydroxylation is 1. The largest absolute Gasteiger partial charge is 0.497 e. The molecule has 150 valence electrons. The number of nitrogens with one attached hydrogen (secondary N) is 1. The SMILES string of the molecule is COc1ccc(CNC(=O)N2CC(c3ncc(C)n3Cc3cccnc3)C2)cc1. The molecule has 0 saturated carbocycles. The number of ether oxygens (including phenoxy) is 1. The second-order valence-corrected chi connectivity index (χ2v) is 7.31. The van der Waals surface area contributed by atoms with Crippen LogP contribution in [0, 0.1) is 6.92 Å². The number of hydrogen-bond donors (Lipinski definition) is 1. The number of nitrogens with zero attached hydrogens (tertiary/aromatic N) is 4. The van der Waals surface area contributed by atoms with Gasteiger partial charge in [-0.25, -0.2) is 9.78 Å². The van der Waals surface area contributed by atoms with Gasteiger partial charge in [0.2, 0.25) is 0 Å². The van der Waals surface area contributed by atoms with Gasteiger partial charge in [-0.2, -0.15) is 0 Å². The Morgan fingerprint density at radius 1 is 1.17 bits per heavy atom. The zero-order valence-electron chi connectivity index (χ0n) is 16.7. The third-order valence-electron chi connectivity index (χ3n) is 5.29. The van der Waals surface area contributed by atoms with Crippen molar-refractivity contribution < 1.29 is 9.53 Å². The number of imidazole rings is 1. The monoisotopic (exact) mass is 391 g/mol. The van der Waals surface area contributed by atoms with Crippen LogP contribution in [0.5, 0.6) is 5.75 Å². The third-order valence-corrected chi connectivity index (χ3v) is 5.29. The Hall–Kier alpha value is -3.35. The lowest BCUT2D eigenvalue weighted by atomic mass is 9.99. The van der Waals surface area contributed by atoms with Crippen molar-refractivity contribution in [3.8, 4) is 5.75 Å². The van der Waals surface area contributed by atoms with Crippen LogP contribution in [0.1, 0.15) is 28.6 Å². The van der Waals surface area contributed by atoms with Crippen LogP contribution in [0.4, 0.5) is 4.79 Å². The predicted octanol–water partition coefficient (Wildman–Crippen LogP) is 2.95. The molecule has 2 aromatic heterocycles. The summed E-state index contributed by atoms with van der Waals surface area (Å²) in [6, 6.07) is 11.7. The zero-order valence-corrected chi connectivity index (χ0v) is 16.7. The Morgan fingerprint density at radius 2 is 1.97 bits per heavy atom. The maximum atomic E-state index is 12.4. The summed E-state index contributed by atoms with van der Waals surface area (Å²) in [4.78, 5) is 23.1. The number of aromatic nitrogens is 3. The van der Waals surface area contributed by atoms with Crippen molar-refractivity contribution in [2.75, 3.05) is 20.2 Å². The molecule has 0 unspecified atom stereocenters. The van der Waals surface area contributed by atoms with Gasteiger partial charge in [0.1, 0.15) is 11.6 Å². The van der Waals surface area contributed by atoms with Crippen molar-refractivity contribution in [2.24, 2.45) is 0 Å². The minimum absolute atomic E-state index is 0.0424. The summed E-state index contributed by atoms with van der Waals surface area (Å²) in [6.45, 7) is 4.66. The van der Waals surface area contributed by atoms with Gasteiger partial charge < -0.3 is 19.5 Å². The summed E-state index contributed by atoms with van der Waals surface area (Å²) in [5, 5.41) is 2.98. The maximum absolute atomic E-state index is 12.4. The van der Waals surface area contributed by atoms with Crippen LogP contribution in [0.25, 0.3) is 0 Å². The summed E-state index contributed by atoms with van der Waals surface area (Å²) >= 11 is 0. The second kappa shape index (κ2) is 8.34. The first-order valence-electron chi connectivity index (χ1n) is 9.70. The van der Waals surface area contributed by atoms with Gasteiger partial charge in [0, 0.05) is 43.9 Å². The van der Waals surface area contributed by atoms with Crippen LogP contribution >= 0.6 is 0 Å². The van der Waals surface area contributed by atoms with E-state index in [-0.39, 0.29) is 11.9 Å². The molecule has 3 heterocycles. The van der Waals surface area contributed by atoms with Gasteiger partial charge >= 0.3 is 6.03 Å². The van der Waals surface area contributed by atoms with Crippen molar-refractivity contribution >= 4 is 6.03 Å². The van der Waals surface area contributed by atoms with Gasteiger partial charge in [0.05, 0.1) is 19.6 Å². The highest BCUT2D eigenvalue weighted by Crippen LogP contribution is 2.27. The van der Waals surface area contributed by atoms with Crippen molar-refractivity contribution in [3.05, 3.63) is 77.6 Å². The number of methoxy groups -OCH3 is 1. The molecule has 2 amide bonds. The molecule has 1 aromatic carbocycles. The third kappa shape index (κ3) is 4.23. The fourth-order valence-corrected chi connectivity index (χ4v) is 3.53. The molecular weight excluding hydrogens is 366 g/mol. The summed E-state index contributed by atoms with van der Waals surface area (Å²) in [5.41, 5.74) is 3.30. The molecule has 3 aromatic rings. The van der Waals surface area contributed by atoms with Crippen molar-refractivity contribution in [1.82, 2.24) is 24.8 Å². The van der Waals surface area contributed by atoms with Crippen LogP contribution in [0.3, 0.4) is 0 Å². The molecule has 29 heavy (non-hydrogen) atoms. The highest BCUT2D eigenvalue weighted by atomic mass is 16.5. The Kier molecular flexibility index (Phi) is 5.46. The number of urea groups is 1. The minimum Gasteiger partial charge on any atom is -0.497 e. The standard InChI is InChI=1S/C22H25N5O2/c1-16-10-24-21(27(16)13-18-4-3-9-23-11-18)19-14-26(15-19)22(28)25-12-17-5-7-20(29-2)8-6-17/h3-11,19H,12-15H2,1-2H3,(H,25,28). The minimum atomic E-state index is -0.0424. The van der Waals surface area contributed by atoms with Crippen molar-refractivity contribution in [1.29, 1.82) is 0 Å². The van der Waals surface area contributed by atoms with E-state index in [1.807, 2.05) is 47.6 Å². The molecule has 7 nitrogen and oxygen atoms in total. The van der Waals surface area contributed by atoms with E-state index in [0.29, 0.717) is 19.6 Å². The number of likely N-dealkylation sites (tertiary alicyclic amines) is 1. The molecule has 1 N–H and O–H groups in total. The van der Waals surface area contributed by atoms with E-state index in [2.05, 4.69) is 32.8 Å². The molecular formula is C22H25N5O2. The van der Waals surface area contributed by atoms with Crippen molar-refractivity contribution in [2.45, 2.75) is 25.9 Å². The number of benzene rings is 1. The highest BCUT2D eigenvalue weighted by Gasteiger charge is 2.34. The van der Waals surface area contributed by atoms with E-state index in [0.717, 1.165) is 34.9 Å². The van der Waals surface area contributed by atoms with Crippen LogP contribution < -0.4 is 10.1 Å². The summed E-state index contributed by atoms with van der Waals surface area (Å²) < 4.78 is 7.37. The predicted molar refractivity (Wildman–Crippen MR) is 110 cm³/mol. The molecule has 0 spiro atoms. The van der Waals surface area contributed by atoms with E-state index in [9.17, 15) is 4.79 Å². The molecule has 4 rings (SSSR count). The molecule has 1 fully saturated rings. The first-order valence-corrected chi connectivity index (χ1v) is 9.70. The average Bonchev–Trinajstić information content (AvgIpc) is 3.06. The van der Waals surface area contributed by atoms with Gasteiger partial charge in [0.25, 0.3) is 0 Å². The molecule has 1 aliphatic heterocycles.